The zero-order valence-corrected chi connectivity index (χ0v) is 47.2. The van der Waals surface area contributed by atoms with Gasteiger partial charge in [-0.15, -0.1) is 53.6 Å². The summed E-state index contributed by atoms with van der Waals surface area (Å²) >= 11 is 0. The van der Waals surface area contributed by atoms with Gasteiger partial charge in [-0.05, 0) is 87.0 Å². The molecule has 1 aliphatic carbocycles. The van der Waals surface area contributed by atoms with E-state index in [0.29, 0.717) is 5.82 Å². The van der Waals surface area contributed by atoms with Gasteiger partial charge in [0.15, 0.2) is 5.82 Å². The van der Waals surface area contributed by atoms with Gasteiger partial charge in [-0.25, -0.2) is 15.0 Å². The van der Waals surface area contributed by atoms with Gasteiger partial charge in [-0.1, -0.05) is 174 Å². The van der Waals surface area contributed by atoms with Gasteiger partial charge in [-0.2, -0.15) is 0 Å². The van der Waals surface area contributed by atoms with Gasteiger partial charge in [0.05, 0.1) is 22.4 Å². The van der Waals surface area contributed by atoms with E-state index in [-0.39, 0.29) is 53.6 Å². The molecule has 0 atom stereocenters. The van der Waals surface area contributed by atoms with Crippen LogP contribution in [0, 0.1) is 12.1 Å². The summed E-state index contributed by atoms with van der Waals surface area (Å²) in [5.74, 6) is 3.61. The fourth-order valence-corrected chi connectivity index (χ4v) is 10.2. The number of hydrogen-bond acceptors (Lipinski definition) is 6. The minimum atomic E-state index is -0.198. The molecule has 0 N–H and O–H groups in total. The van der Waals surface area contributed by atoms with Crippen molar-refractivity contribution in [1.82, 2.24) is 29.5 Å². The fraction of sp³-hybridized carbons (Fsp3) is 0.308. The van der Waals surface area contributed by atoms with Crippen LogP contribution in [-0.2, 0) is 41.8 Å². The minimum absolute atomic E-state index is 0. The first-order valence-corrected chi connectivity index (χ1v) is 25.5. The first-order chi connectivity index (χ1) is 34.1. The first kappa shape index (κ1) is 51.3. The molecule has 11 rings (SSSR count). The standard InChI is InChI=1S/C48H48N5O.C17H18N.Ir/c1-28(2)36-26-32(30-22-24-31(25-23-30)43-50-45(47(5,6)7)52-46(51-43)48(8,9)10)27-37(29(3)4)41(36)53-39-20-13-12-19-38(39)49-44(53)35-18-15-17-34-33-16-11-14-21-40(33)54-42(34)35;1-16(2)13-9-6-5-8-12(13)15-14(17(16,3)4)10-7-11-18-15;/h11-17,19-29H,1-10H3;5-7,9-11H,1-4H3;/q2*-1;. The molecule has 0 bridgehead atoms. The molecule has 0 unspecified atom stereocenters. The summed E-state index contributed by atoms with van der Waals surface area (Å²) in [5.41, 5.74) is 16.2. The largest absolute Gasteiger partial charge is 0.501 e. The Morgan fingerprint density at radius 3 is 1.81 bits per heavy atom. The smallest absolute Gasteiger partial charge is 0.163 e. The number of aromatic nitrogens is 6. The van der Waals surface area contributed by atoms with Crippen LogP contribution >= 0.6 is 0 Å². The number of furan rings is 1. The fourth-order valence-electron chi connectivity index (χ4n) is 10.2. The van der Waals surface area contributed by atoms with E-state index in [4.69, 9.17) is 24.4 Å². The second-order valence-corrected chi connectivity index (χ2v) is 23.3. The van der Waals surface area contributed by atoms with E-state index in [2.05, 4.69) is 216 Å². The molecule has 8 heteroatoms. The summed E-state index contributed by atoms with van der Waals surface area (Å²) in [6, 6.07) is 51.5. The third-order valence-electron chi connectivity index (χ3n) is 15.0. The van der Waals surface area contributed by atoms with Crippen molar-refractivity contribution in [2.45, 2.75) is 130 Å². The molecule has 0 aliphatic heterocycles. The maximum absolute atomic E-state index is 6.55. The molecule has 1 radical (unpaired) electrons. The molecule has 0 amide bonds. The molecule has 4 aromatic heterocycles. The van der Waals surface area contributed by atoms with Gasteiger partial charge in [0.1, 0.15) is 17.2 Å². The van der Waals surface area contributed by atoms with Crippen LogP contribution in [0.5, 0.6) is 0 Å². The van der Waals surface area contributed by atoms with E-state index in [1.54, 1.807) is 0 Å². The van der Waals surface area contributed by atoms with Crippen LogP contribution in [-0.4, -0.2) is 29.5 Å². The number of para-hydroxylation sites is 3. The van der Waals surface area contributed by atoms with Crippen LogP contribution in [0.15, 0.2) is 138 Å². The Kier molecular flexibility index (Phi) is 13.4. The second kappa shape index (κ2) is 19.0. The molecular formula is C65H66IrN6O-2. The van der Waals surface area contributed by atoms with Crippen molar-refractivity contribution in [3.05, 3.63) is 180 Å². The van der Waals surface area contributed by atoms with Gasteiger partial charge in [0, 0.05) is 53.8 Å². The molecule has 10 aromatic rings. The van der Waals surface area contributed by atoms with Crippen molar-refractivity contribution >= 4 is 33.0 Å². The Balaban J connectivity index is 0.000000290. The normalized spacial score (nSPS) is 14.0. The molecule has 0 spiro atoms. The second-order valence-electron chi connectivity index (χ2n) is 23.3. The minimum Gasteiger partial charge on any atom is -0.501 e. The number of nitrogens with zero attached hydrogens (tertiary/aromatic N) is 6. The SMILES string of the molecule is CC(C)c1cc(-c2ccc(-c3nc(C(C)(C)C)nc(C(C)(C)C)n3)cc2)cc(C(C)C)c1-n1c(-c2[c-]ccc3c2oc2ccccc23)nc2ccccc21.CC1(C)c2ccc[c-]c2-c2ncccc2C1(C)C.[Ir]. The molecule has 0 saturated heterocycles. The van der Waals surface area contributed by atoms with Crippen LogP contribution in [0.3, 0.4) is 0 Å². The van der Waals surface area contributed by atoms with Gasteiger partial charge in [0.2, 0.25) is 0 Å². The van der Waals surface area contributed by atoms with E-state index in [0.717, 1.165) is 78.4 Å². The molecular weight excluding hydrogens is 1070 g/mol. The Labute approximate surface area is 445 Å². The molecule has 0 saturated carbocycles. The topological polar surface area (TPSA) is 82.5 Å². The zero-order valence-electron chi connectivity index (χ0n) is 44.8. The molecule has 1 aliphatic rings. The summed E-state index contributed by atoms with van der Waals surface area (Å²) in [6.45, 7) is 31.3. The average molecular weight is 1140 g/mol. The zero-order chi connectivity index (χ0) is 51.1. The molecule has 373 valence electrons. The van der Waals surface area contributed by atoms with Crippen molar-refractivity contribution in [2.24, 2.45) is 0 Å². The quantitative estimate of drug-likeness (QED) is 0.154. The molecule has 6 aromatic carbocycles. The predicted molar refractivity (Wildman–Crippen MR) is 297 cm³/mol. The van der Waals surface area contributed by atoms with Gasteiger partial charge in [-0.3, -0.25) is 4.98 Å². The Bertz CT molecular complexity index is 3560. The van der Waals surface area contributed by atoms with E-state index >= 15 is 0 Å². The molecule has 0 fully saturated rings. The third kappa shape index (κ3) is 9.05. The Hall–Kier alpha value is -6.60. The van der Waals surface area contributed by atoms with Gasteiger partial charge < -0.3 is 14.0 Å². The van der Waals surface area contributed by atoms with Crippen LogP contribution < -0.4 is 0 Å². The maximum Gasteiger partial charge on any atom is 0.163 e. The van der Waals surface area contributed by atoms with E-state index in [1.807, 2.05) is 36.5 Å². The monoisotopic (exact) mass is 1140 g/mol. The first-order valence-electron chi connectivity index (χ1n) is 25.5. The van der Waals surface area contributed by atoms with Crippen molar-refractivity contribution in [1.29, 1.82) is 0 Å². The van der Waals surface area contributed by atoms with Crippen LogP contribution in [0.2, 0.25) is 0 Å². The summed E-state index contributed by atoms with van der Waals surface area (Å²) < 4.78 is 8.90. The number of benzene rings is 6. The van der Waals surface area contributed by atoms with Crippen LogP contribution in [0.1, 0.15) is 143 Å². The van der Waals surface area contributed by atoms with Crippen molar-refractivity contribution < 1.29 is 24.5 Å². The summed E-state index contributed by atoms with van der Waals surface area (Å²) in [5, 5.41) is 2.15. The Morgan fingerprint density at radius 2 is 1.15 bits per heavy atom. The Morgan fingerprint density at radius 1 is 0.562 bits per heavy atom. The van der Waals surface area contributed by atoms with E-state index in [1.165, 1.54) is 33.5 Å². The van der Waals surface area contributed by atoms with Gasteiger partial charge in [0.25, 0.3) is 0 Å². The third-order valence-corrected chi connectivity index (χ3v) is 15.0. The number of rotatable bonds is 6. The number of pyridine rings is 1. The van der Waals surface area contributed by atoms with Crippen molar-refractivity contribution in [2.75, 3.05) is 0 Å². The number of hydrogen-bond donors (Lipinski definition) is 0. The predicted octanol–water partition coefficient (Wildman–Crippen LogP) is 16.9. The van der Waals surface area contributed by atoms with Crippen LogP contribution in [0.25, 0.3) is 83.8 Å². The van der Waals surface area contributed by atoms with E-state index < -0.39 is 0 Å². The molecule has 4 heterocycles. The summed E-state index contributed by atoms with van der Waals surface area (Å²) in [7, 11) is 0. The number of fused-ring (bicyclic) bond motifs is 7. The maximum atomic E-state index is 6.55. The van der Waals surface area contributed by atoms with Crippen LogP contribution in [0.4, 0.5) is 0 Å². The molecule has 73 heavy (non-hydrogen) atoms. The summed E-state index contributed by atoms with van der Waals surface area (Å²) in [4.78, 5) is 24.7. The van der Waals surface area contributed by atoms with E-state index in [9.17, 15) is 0 Å². The average Bonchev–Trinajstić information content (AvgIpc) is 3.94. The number of imidazole rings is 1. The van der Waals surface area contributed by atoms with Crippen molar-refractivity contribution in [3.8, 4) is 50.8 Å². The molecule has 7 nitrogen and oxygen atoms in total. The van der Waals surface area contributed by atoms with Crippen molar-refractivity contribution in [3.63, 3.8) is 0 Å². The summed E-state index contributed by atoms with van der Waals surface area (Å²) in [6.07, 6.45) is 1.87. The van der Waals surface area contributed by atoms with Gasteiger partial charge >= 0.3 is 0 Å².